The van der Waals surface area contributed by atoms with Crippen LogP contribution in [0.2, 0.25) is 0 Å². The van der Waals surface area contributed by atoms with Crippen LogP contribution in [0, 0.1) is 5.92 Å². The van der Waals surface area contributed by atoms with Crippen LogP contribution in [0.3, 0.4) is 0 Å². The zero-order valence-corrected chi connectivity index (χ0v) is 9.48. The largest absolute Gasteiger partial charge is 0.355 e. The van der Waals surface area contributed by atoms with Gasteiger partial charge < -0.3 is 5.32 Å². The Morgan fingerprint density at radius 1 is 1.53 bits per heavy atom. The van der Waals surface area contributed by atoms with Crippen LogP contribution >= 0.6 is 11.3 Å². The minimum absolute atomic E-state index is 0.276. The van der Waals surface area contributed by atoms with Crippen molar-refractivity contribution in [3.8, 4) is 0 Å². The molecule has 80 valence electrons. The molecule has 1 aromatic heterocycles. The second kappa shape index (κ2) is 3.34. The first-order valence-electron chi connectivity index (χ1n) is 5.62. The molecule has 1 amide bonds. The van der Waals surface area contributed by atoms with E-state index >= 15 is 0 Å². The molecule has 2 saturated carbocycles. The summed E-state index contributed by atoms with van der Waals surface area (Å²) in [5.74, 6) is 0.613. The summed E-state index contributed by atoms with van der Waals surface area (Å²) in [6.07, 6.45) is 4.66. The highest BCUT2D eigenvalue weighted by Gasteiger charge is 2.45. The molecule has 3 rings (SSSR count). The van der Waals surface area contributed by atoms with Gasteiger partial charge in [-0.05, 0) is 37.1 Å². The average Bonchev–Trinajstić information content (AvgIpc) is 3.17. The first kappa shape index (κ1) is 9.40. The molecule has 0 atom stereocenters. The number of rotatable bonds is 4. The van der Waals surface area contributed by atoms with Gasteiger partial charge in [0.1, 0.15) is 0 Å². The van der Waals surface area contributed by atoms with Crippen molar-refractivity contribution in [1.82, 2.24) is 5.32 Å². The van der Waals surface area contributed by atoms with Crippen molar-refractivity contribution in [3.63, 3.8) is 0 Å². The van der Waals surface area contributed by atoms with Gasteiger partial charge in [0.2, 0.25) is 5.91 Å². The molecular formula is C12H15NOS. The van der Waals surface area contributed by atoms with E-state index in [9.17, 15) is 4.79 Å². The molecule has 0 aromatic carbocycles. The lowest BCUT2D eigenvalue weighted by molar-refractivity contribution is -0.122. The fourth-order valence-corrected chi connectivity index (χ4v) is 2.97. The summed E-state index contributed by atoms with van der Waals surface area (Å²) < 4.78 is 0. The topological polar surface area (TPSA) is 29.1 Å². The fraction of sp³-hybridized carbons (Fsp3) is 0.583. The van der Waals surface area contributed by atoms with Gasteiger partial charge in [0.05, 0.1) is 0 Å². The molecular weight excluding hydrogens is 206 g/mol. The molecule has 2 nitrogen and oxygen atoms in total. The number of carbonyl (C=O) groups is 1. The minimum Gasteiger partial charge on any atom is -0.355 e. The average molecular weight is 221 g/mol. The normalized spacial score (nSPS) is 22.4. The summed E-state index contributed by atoms with van der Waals surface area (Å²) in [6.45, 7) is 0.850. The highest BCUT2D eigenvalue weighted by Crippen LogP contribution is 2.49. The quantitative estimate of drug-likeness (QED) is 0.830. The van der Waals surface area contributed by atoms with Crippen LogP contribution in [0.5, 0.6) is 0 Å². The molecule has 2 aliphatic carbocycles. The van der Waals surface area contributed by atoms with E-state index in [0.29, 0.717) is 11.3 Å². The third kappa shape index (κ3) is 1.81. The van der Waals surface area contributed by atoms with Gasteiger partial charge in [-0.2, -0.15) is 0 Å². The van der Waals surface area contributed by atoms with Crippen LogP contribution in [0.25, 0.3) is 0 Å². The van der Waals surface area contributed by atoms with Crippen molar-refractivity contribution >= 4 is 17.2 Å². The maximum absolute atomic E-state index is 11.5. The summed E-state index contributed by atoms with van der Waals surface area (Å²) in [5, 5.41) is 5.23. The van der Waals surface area contributed by atoms with E-state index in [1.54, 1.807) is 0 Å². The lowest BCUT2D eigenvalue weighted by Crippen LogP contribution is -2.32. The van der Waals surface area contributed by atoms with Gasteiger partial charge >= 0.3 is 0 Å². The lowest BCUT2D eigenvalue weighted by Gasteiger charge is -2.14. The lowest BCUT2D eigenvalue weighted by atomic mass is 10.1. The van der Waals surface area contributed by atoms with E-state index in [-0.39, 0.29) is 5.91 Å². The summed E-state index contributed by atoms with van der Waals surface area (Å²) >= 11 is 1.82. The second-order valence-electron chi connectivity index (χ2n) is 4.75. The Bertz CT molecular complexity index is 363. The van der Waals surface area contributed by atoms with E-state index in [2.05, 4.69) is 22.8 Å². The molecule has 1 N–H and O–H groups in total. The van der Waals surface area contributed by atoms with Gasteiger partial charge in [-0.3, -0.25) is 4.79 Å². The Hall–Kier alpha value is -0.830. The van der Waals surface area contributed by atoms with E-state index in [0.717, 1.165) is 19.4 Å². The van der Waals surface area contributed by atoms with Gasteiger partial charge in [-0.15, -0.1) is 11.3 Å². The smallest absolute Gasteiger partial charge is 0.223 e. The first-order chi connectivity index (χ1) is 7.30. The van der Waals surface area contributed by atoms with Gasteiger partial charge in [0.25, 0.3) is 0 Å². The summed E-state index contributed by atoms with van der Waals surface area (Å²) in [5.41, 5.74) is 0.304. The predicted octanol–water partition coefficient (Wildman–Crippen LogP) is 2.31. The fourth-order valence-electron chi connectivity index (χ4n) is 1.99. The van der Waals surface area contributed by atoms with Gasteiger partial charge in [-0.1, -0.05) is 6.07 Å². The Balaban J connectivity index is 1.60. The molecule has 1 heterocycles. The van der Waals surface area contributed by atoms with Gasteiger partial charge in [-0.25, -0.2) is 0 Å². The van der Waals surface area contributed by atoms with Gasteiger partial charge in [0.15, 0.2) is 0 Å². The monoisotopic (exact) mass is 221 g/mol. The van der Waals surface area contributed by atoms with Crippen molar-refractivity contribution < 1.29 is 4.79 Å². The molecule has 0 bridgehead atoms. The van der Waals surface area contributed by atoms with Crippen molar-refractivity contribution in [1.29, 1.82) is 0 Å². The van der Waals surface area contributed by atoms with Crippen LogP contribution in [0.15, 0.2) is 17.5 Å². The standard InChI is InChI=1S/C12H15NOS/c14-11(9-3-4-9)13-8-12(5-6-12)10-2-1-7-15-10/h1-2,7,9H,3-6,8H2,(H,13,14). The second-order valence-corrected chi connectivity index (χ2v) is 5.70. The summed E-state index contributed by atoms with van der Waals surface area (Å²) in [4.78, 5) is 13.0. The highest BCUT2D eigenvalue weighted by molar-refractivity contribution is 7.10. The molecule has 0 radical (unpaired) electrons. The molecule has 0 spiro atoms. The van der Waals surface area contributed by atoms with Crippen molar-refractivity contribution in [2.24, 2.45) is 5.92 Å². The van der Waals surface area contributed by atoms with Crippen LogP contribution in [0.4, 0.5) is 0 Å². The molecule has 1 aromatic rings. The third-order valence-electron chi connectivity index (χ3n) is 3.45. The maximum Gasteiger partial charge on any atom is 0.223 e. The zero-order valence-electron chi connectivity index (χ0n) is 8.66. The number of hydrogen-bond acceptors (Lipinski definition) is 2. The molecule has 3 heteroatoms. The Kier molecular flexibility index (Phi) is 2.09. The molecule has 2 aliphatic rings. The SMILES string of the molecule is O=C(NCC1(c2cccs2)CC1)C1CC1. The van der Waals surface area contributed by atoms with E-state index < -0.39 is 0 Å². The highest BCUT2D eigenvalue weighted by atomic mass is 32.1. The van der Waals surface area contributed by atoms with Crippen LogP contribution in [-0.4, -0.2) is 12.5 Å². The number of amides is 1. The molecule has 0 saturated heterocycles. The third-order valence-corrected chi connectivity index (χ3v) is 4.56. The van der Waals surface area contributed by atoms with Crippen molar-refractivity contribution in [2.45, 2.75) is 31.1 Å². The zero-order chi connectivity index (χ0) is 10.3. The number of hydrogen-bond donors (Lipinski definition) is 1. The Morgan fingerprint density at radius 2 is 2.33 bits per heavy atom. The first-order valence-corrected chi connectivity index (χ1v) is 6.50. The molecule has 2 fully saturated rings. The Morgan fingerprint density at radius 3 is 2.87 bits per heavy atom. The van der Waals surface area contributed by atoms with Crippen molar-refractivity contribution in [2.75, 3.05) is 6.54 Å². The number of carbonyl (C=O) groups excluding carboxylic acids is 1. The van der Waals surface area contributed by atoms with E-state index in [1.807, 2.05) is 11.3 Å². The van der Waals surface area contributed by atoms with Crippen molar-refractivity contribution in [3.05, 3.63) is 22.4 Å². The predicted molar refractivity (Wildman–Crippen MR) is 61.0 cm³/mol. The molecule has 0 unspecified atom stereocenters. The molecule has 15 heavy (non-hydrogen) atoms. The summed E-state index contributed by atoms with van der Waals surface area (Å²) in [7, 11) is 0. The van der Waals surface area contributed by atoms with Crippen LogP contribution in [0.1, 0.15) is 30.6 Å². The molecule has 0 aliphatic heterocycles. The van der Waals surface area contributed by atoms with Crippen LogP contribution < -0.4 is 5.32 Å². The van der Waals surface area contributed by atoms with Gasteiger partial charge in [0, 0.05) is 22.8 Å². The summed E-state index contributed by atoms with van der Waals surface area (Å²) in [6, 6.07) is 4.30. The van der Waals surface area contributed by atoms with E-state index in [1.165, 1.54) is 17.7 Å². The number of nitrogens with one attached hydrogen (secondary N) is 1. The van der Waals surface area contributed by atoms with Crippen LogP contribution in [-0.2, 0) is 10.2 Å². The Labute approximate surface area is 93.7 Å². The number of thiophene rings is 1. The minimum atomic E-state index is 0.276. The van der Waals surface area contributed by atoms with E-state index in [4.69, 9.17) is 0 Å². The maximum atomic E-state index is 11.5.